The maximum Gasteiger partial charge on any atom is 0.331 e. The van der Waals surface area contributed by atoms with Crippen molar-refractivity contribution in [2.75, 3.05) is 38.7 Å². The first-order valence-electron chi connectivity index (χ1n) is 8.06. The summed E-state index contributed by atoms with van der Waals surface area (Å²) in [5.74, 6) is -7.00. The third-order valence-electron chi connectivity index (χ3n) is 3.38. The summed E-state index contributed by atoms with van der Waals surface area (Å²) in [6.45, 7) is -3.53. The van der Waals surface area contributed by atoms with Gasteiger partial charge in [0.05, 0.1) is 43.1 Å². The zero-order valence-corrected chi connectivity index (χ0v) is 18.4. The van der Waals surface area contributed by atoms with Crippen molar-refractivity contribution in [3.63, 3.8) is 0 Å². The number of aliphatic hydroxyl groups is 2. The van der Waals surface area contributed by atoms with Gasteiger partial charge in [-0.2, -0.15) is 16.8 Å². The van der Waals surface area contributed by atoms with Gasteiger partial charge in [-0.1, -0.05) is 0 Å². The average Bonchev–Trinajstić information content (AvgIpc) is 2.63. The van der Waals surface area contributed by atoms with Gasteiger partial charge in [-0.3, -0.25) is 27.7 Å². The Bertz CT molecular complexity index is 893. The number of nitrogens with one attached hydrogen (secondary N) is 1. The molecule has 32 heavy (non-hydrogen) atoms. The molecule has 5 N–H and O–H groups in total. The number of esters is 3. The molecule has 2 unspecified atom stereocenters. The predicted octanol–water partition coefficient (Wildman–Crippen LogP) is -4.74. The molecule has 0 aliphatic heterocycles. The Hall–Kier alpha value is -1.62. The first-order chi connectivity index (χ1) is 14.5. The third-order valence-corrected chi connectivity index (χ3v) is 5.42. The Morgan fingerprint density at radius 3 is 2.06 bits per heavy atom. The normalized spacial score (nSPS) is 14.4. The van der Waals surface area contributed by atoms with Crippen LogP contribution in [-0.2, 0) is 59.6 Å². The molecule has 0 amide bonds. The third kappa shape index (κ3) is 12.4. The van der Waals surface area contributed by atoms with E-state index in [9.17, 15) is 50.2 Å². The number of ether oxygens (including phenoxy) is 2. The zero-order valence-electron chi connectivity index (χ0n) is 15.9. The zero-order chi connectivity index (χ0) is 25.2. The number of carbonyl (C=O) groups excluding carboxylic acids is 3. The Morgan fingerprint density at radius 1 is 1.06 bits per heavy atom. The van der Waals surface area contributed by atoms with Crippen LogP contribution in [0, 0.1) is 0 Å². The first kappa shape index (κ1) is 30.4. The van der Waals surface area contributed by atoms with Crippen LogP contribution < -0.4 is 5.32 Å². The Kier molecular flexibility index (Phi) is 12.5. The van der Waals surface area contributed by atoms with Gasteiger partial charge in [0.15, 0.2) is 11.0 Å². The summed E-state index contributed by atoms with van der Waals surface area (Å²) in [6, 6.07) is 0. The van der Waals surface area contributed by atoms with Gasteiger partial charge in [0.2, 0.25) is 0 Å². The van der Waals surface area contributed by atoms with Crippen LogP contribution >= 0.6 is 0 Å². The molecule has 0 saturated heterocycles. The van der Waals surface area contributed by atoms with Crippen molar-refractivity contribution in [1.29, 1.82) is 0 Å². The van der Waals surface area contributed by atoms with Crippen LogP contribution in [0.2, 0.25) is 0 Å². The number of rotatable bonds is 15. The quantitative estimate of drug-likeness (QED) is 0.0436. The van der Waals surface area contributed by atoms with E-state index in [2.05, 4.69) is 19.0 Å². The monoisotopic (exact) mass is 530 g/mol. The van der Waals surface area contributed by atoms with Crippen LogP contribution in [0.1, 0.15) is 6.42 Å². The van der Waals surface area contributed by atoms with Gasteiger partial charge in [0.1, 0.15) is 6.61 Å². The molecule has 0 aromatic heterocycles. The van der Waals surface area contributed by atoms with Gasteiger partial charge < -0.3 is 29.6 Å². The Labute approximate surface area is 184 Å². The smallest absolute Gasteiger partial charge is 0.331 e. The summed E-state index contributed by atoms with van der Waals surface area (Å²) in [7, 11) is -10.2. The molecule has 0 spiro atoms. The van der Waals surface area contributed by atoms with Crippen molar-refractivity contribution in [2.24, 2.45) is 0 Å². The highest BCUT2D eigenvalue weighted by atomic mass is 32.2. The molecule has 188 valence electrons. The van der Waals surface area contributed by atoms with E-state index >= 15 is 0 Å². The minimum Gasteiger partial charge on any atom is -0.750 e. The van der Waals surface area contributed by atoms with Crippen LogP contribution in [0.4, 0.5) is 0 Å². The molecule has 2 atom stereocenters. The van der Waals surface area contributed by atoms with Gasteiger partial charge in [-0.05, 0) is 0 Å². The summed E-state index contributed by atoms with van der Waals surface area (Å²) >= 11 is -2.85. The van der Waals surface area contributed by atoms with Crippen molar-refractivity contribution in [2.45, 2.75) is 17.2 Å². The molecular weight excluding hydrogens is 510 g/mol. The lowest BCUT2D eigenvalue weighted by molar-refractivity contribution is -0.160. The van der Waals surface area contributed by atoms with Crippen LogP contribution in [0.15, 0.2) is 0 Å². The first-order valence-corrected chi connectivity index (χ1v) is 12.2. The minimum atomic E-state index is -5.33. The van der Waals surface area contributed by atoms with Gasteiger partial charge in [-0.15, -0.1) is 0 Å². The highest BCUT2D eigenvalue weighted by Crippen LogP contribution is 2.12. The fraction of sp³-hybridized carbons (Fsp3) is 0.750. The molecular formula is C12H20NO16S3-. The van der Waals surface area contributed by atoms with Crippen molar-refractivity contribution >= 4 is 49.5 Å². The second-order valence-corrected chi connectivity index (χ2v) is 9.63. The summed E-state index contributed by atoms with van der Waals surface area (Å²) < 4.78 is 94.7. The summed E-state index contributed by atoms with van der Waals surface area (Å²) in [5, 5.41) is 18.6. The van der Waals surface area contributed by atoms with Crippen molar-refractivity contribution < 1.29 is 73.0 Å². The van der Waals surface area contributed by atoms with Gasteiger partial charge >= 0.3 is 17.9 Å². The lowest BCUT2D eigenvalue weighted by atomic mass is 10.0. The van der Waals surface area contributed by atoms with Crippen LogP contribution in [0.25, 0.3) is 0 Å². The molecule has 0 fully saturated rings. The molecule has 0 aliphatic rings. The SMILES string of the molecule is O=C(CC(C(=O)OCC(CO)(CO)NCCOS(=O)[O-])S(=O)(=O)O)OC(=O)CS(=O)(=O)O. The fourth-order valence-electron chi connectivity index (χ4n) is 1.84. The molecule has 0 saturated carbocycles. The fourth-order valence-corrected chi connectivity index (χ4v) is 3.08. The van der Waals surface area contributed by atoms with Crippen molar-refractivity contribution in [1.82, 2.24) is 5.32 Å². The van der Waals surface area contributed by atoms with Crippen LogP contribution in [-0.4, -0.2) is 112 Å². The summed E-state index contributed by atoms with van der Waals surface area (Å²) in [5.41, 5.74) is -1.82. The molecule has 0 heterocycles. The highest BCUT2D eigenvalue weighted by Gasteiger charge is 2.38. The molecule has 0 aliphatic carbocycles. The molecule has 0 aromatic carbocycles. The van der Waals surface area contributed by atoms with E-state index in [1.807, 2.05) is 0 Å². The Balaban J connectivity index is 5.15. The van der Waals surface area contributed by atoms with Crippen LogP contribution in [0.5, 0.6) is 0 Å². The van der Waals surface area contributed by atoms with Gasteiger partial charge in [0.25, 0.3) is 20.2 Å². The number of hydrogen-bond donors (Lipinski definition) is 5. The van der Waals surface area contributed by atoms with Crippen molar-refractivity contribution in [3.8, 4) is 0 Å². The molecule has 0 radical (unpaired) electrons. The lowest BCUT2D eigenvalue weighted by Gasteiger charge is -2.31. The number of hydrogen-bond acceptors (Lipinski definition) is 15. The number of aliphatic hydroxyl groups excluding tert-OH is 2. The lowest BCUT2D eigenvalue weighted by Crippen LogP contribution is -2.57. The maximum absolute atomic E-state index is 12.1. The van der Waals surface area contributed by atoms with E-state index in [0.29, 0.717) is 0 Å². The van der Waals surface area contributed by atoms with Gasteiger partial charge in [-0.25, -0.2) is 4.21 Å². The highest BCUT2D eigenvalue weighted by molar-refractivity contribution is 7.87. The molecule has 0 rings (SSSR count). The molecule has 0 bridgehead atoms. The largest absolute Gasteiger partial charge is 0.750 e. The standard InChI is InChI=1S/C12H21NO16S3/c14-5-12(6-15,13-1-2-28-30(19)20)7-27-11(18)8(32(24,25)26)3-9(16)29-10(17)4-31(21,22)23/h8,13-15H,1-7H2,(H,19,20)(H,21,22,23)(H,24,25,26)/p-1. The Morgan fingerprint density at radius 2 is 1.62 bits per heavy atom. The van der Waals surface area contributed by atoms with Crippen LogP contribution in [0.3, 0.4) is 0 Å². The van der Waals surface area contributed by atoms with E-state index in [1.165, 1.54) is 0 Å². The van der Waals surface area contributed by atoms with E-state index in [4.69, 9.17) is 9.11 Å². The summed E-state index contributed by atoms with van der Waals surface area (Å²) in [6.07, 6.45) is -1.50. The topological polar surface area (TPSA) is 280 Å². The average molecular weight is 530 g/mol. The van der Waals surface area contributed by atoms with E-state index in [1.54, 1.807) is 0 Å². The maximum atomic E-state index is 12.1. The van der Waals surface area contributed by atoms with Crippen molar-refractivity contribution in [3.05, 3.63) is 0 Å². The van der Waals surface area contributed by atoms with E-state index in [-0.39, 0.29) is 6.54 Å². The van der Waals surface area contributed by atoms with Gasteiger partial charge in [0, 0.05) is 6.54 Å². The molecule has 0 aromatic rings. The minimum absolute atomic E-state index is 0.295. The van der Waals surface area contributed by atoms with E-state index in [0.717, 1.165) is 0 Å². The second-order valence-electron chi connectivity index (χ2n) is 5.94. The van der Waals surface area contributed by atoms with E-state index < -0.39 is 98.9 Å². The summed E-state index contributed by atoms with van der Waals surface area (Å²) in [4.78, 5) is 34.8. The predicted molar refractivity (Wildman–Crippen MR) is 98.2 cm³/mol. The number of carbonyl (C=O) groups is 3. The molecule has 17 nitrogen and oxygen atoms in total. The molecule has 20 heteroatoms. The second kappa shape index (κ2) is 13.2.